The molecule has 0 aromatic rings. The van der Waals surface area contributed by atoms with Gasteiger partial charge in [0.2, 0.25) is 0 Å². The van der Waals surface area contributed by atoms with E-state index in [-0.39, 0.29) is 0 Å². The molecular weight excluding hydrogens is 379 g/mol. The van der Waals surface area contributed by atoms with E-state index in [4.69, 9.17) is 9.05 Å². The Morgan fingerprint density at radius 2 is 1.17 bits per heavy atom. The molecule has 1 atom stereocenters. The highest BCUT2D eigenvalue weighted by atomic mass is 31.2. The second-order valence-electron chi connectivity index (χ2n) is 9.21. The van der Waals surface area contributed by atoms with Crippen molar-refractivity contribution >= 4 is 7.60 Å². The summed E-state index contributed by atoms with van der Waals surface area (Å²) in [5.41, 5.74) is 0. The monoisotopic (exact) mass is 430 g/mol. The van der Waals surface area contributed by atoms with Crippen molar-refractivity contribution in [3.05, 3.63) is 0 Å². The first-order valence-corrected chi connectivity index (χ1v) is 14.8. The van der Waals surface area contributed by atoms with Crippen LogP contribution in [0.1, 0.15) is 136 Å². The minimum atomic E-state index is -2.88. The fourth-order valence-electron chi connectivity index (χ4n) is 4.24. The number of hydrogen-bond acceptors (Lipinski definition) is 3. The van der Waals surface area contributed by atoms with E-state index in [2.05, 4.69) is 13.8 Å². The van der Waals surface area contributed by atoms with E-state index in [1.54, 1.807) is 0 Å². The van der Waals surface area contributed by atoms with Gasteiger partial charge in [0.15, 0.2) is 0 Å². The van der Waals surface area contributed by atoms with Crippen LogP contribution in [0.4, 0.5) is 0 Å². The molecule has 0 heterocycles. The van der Waals surface area contributed by atoms with Crippen LogP contribution in [0.15, 0.2) is 0 Å². The lowest BCUT2D eigenvalue weighted by Gasteiger charge is -2.25. The molecule has 1 rings (SSSR count). The fourth-order valence-corrected chi connectivity index (χ4v) is 6.12. The van der Waals surface area contributed by atoms with Gasteiger partial charge in [-0.15, -0.1) is 0 Å². The summed E-state index contributed by atoms with van der Waals surface area (Å²) in [6, 6.07) is 0. The maximum Gasteiger partial charge on any atom is 0.330 e. The summed E-state index contributed by atoms with van der Waals surface area (Å²) in [4.78, 5) is 0. The first-order valence-electron chi connectivity index (χ1n) is 13.1. The van der Waals surface area contributed by atoms with E-state index in [0.717, 1.165) is 19.3 Å². The maximum atomic E-state index is 13.1. The normalized spacial score (nSPS) is 17.4. The molecule has 0 aromatic heterocycles. The zero-order chi connectivity index (χ0) is 21.0. The molecule has 1 fully saturated rings. The molecule has 0 radical (unpaired) electrons. The molecule has 0 aromatic carbocycles. The van der Waals surface area contributed by atoms with Gasteiger partial charge in [0, 0.05) is 0 Å². The van der Waals surface area contributed by atoms with Crippen LogP contribution in [-0.2, 0) is 13.6 Å². The first kappa shape index (κ1) is 27.2. The summed E-state index contributed by atoms with van der Waals surface area (Å²) in [7, 11) is -2.88. The van der Waals surface area contributed by atoms with Crippen molar-refractivity contribution in [1.82, 2.24) is 0 Å². The summed E-state index contributed by atoms with van der Waals surface area (Å²) >= 11 is 0. The molecule has 0 aliphatic heterocycles. The standard InChI is InChI=1S/C25H51O3P/c1-3-5-7-8-9-10-11-12-13-14-15-19-22-27-29(26,23-6-4-2)28-24-25-20-17-16-18-21-25/h25H,3-24H2,1-2H3. The summed E-state index contributed by atoms with van der Waals surface area (Å²) < 4.78 is 24.8. The largest absolute Gasteiger partial charge is 0.330 e. The van der Waals surface area contributed by atoms with Crippen molar-refractivity contribution in [3.63, 3.8) is 0 Å². The van der Waals surface area contributed by atoms with Crippen LogP contribution in [0.5, 0.6) is 0 Å². The Kier molecular flexibility index (Phi) is 17.7. The topological polar surface area (TPSA) is 35.5 Å². The summed E-state index contributed by atoms with van der Waals surface area (Å²) in [6.07, 6.45) is 24.9. The van der Waals surface area contributed by atoms with Crippen LogP contribution in [0, 0.1) is 5.92 Å². The predicted molar refractivity (Wildman–Crippen MR) is 127 cm³/mol. The third kappa shape index (κ3) is 15.6. The van der Waals surface area contributed by atoms with Crippen molar-refractivity contribution in [1.29, 1.82) is 0 Å². The summed E-state index contributed by atoms with van der Waals surface area (Å²) in [5.74, 6) is 0.592. The second-order valence-corrected chi connectivity index (χ2v) is 11.4. The van der Waals surface area contributed by atoms with Gasteiger partial charge in [-0.25, -0.2) is 0 Å². The minimum absolute atomic E-state index is 0.592. The minimum Gasteiger partial charge on any atom is -0.309 e. The third-order valence-corrected chi connectivity index (χ3v) is 8.29. The Bertz CT molecular complexity index is 394. The molecule has 1 unspecified atom stereocenters. The van der Waals surface area contributed by atoms with Crippen molar-refractivity contribution in [2.45, 2.75) is 136 Å². The summed E-state index contributed by atoms with van der Waals surface area (Å²) in [6.45, 7) is 5.65. The zero-order valence-electron chi connectivity index (χ0n) is 19.8. The number of unbranched alkanes of at least 4 members (excludes halogenated alkanes) is 12. The van der Waals surface area contributed by atoms with E-state index in [9.17, 15) is 4.57 Å². The van der Waals surface area contributed by atoms with Crippen LogP contribution in [-0.4, -0.2) is 19.4 Å². The maximum absolute atomic E-state index is 13.1. The number of rotatable bonds is 20. The molecule has 0 spiro atoms. The number of hydrogen-bond donors (Lipinski definition) is 0. The Hall–Kier alpha value is 0.150. The van der Waals surface area contributed by atoms with E-state index in [0.29, 0.717) is 25.3 Å². The van der Waals surface area contributed by atoms with Crippen molar-refractivity contribution in [2.24, 2.45) is 5.92 Å². The third-order valence-electron chi connectivity index (χ3n) is 6.30. The van der Waals surface area contributed by atoms with Gasteiger partial charge in [-0.3, -0.25) is 4.57 Å². The van der Waals surface area contributed by atoms with Gasteiger partial charge in [0.1, 0.15) is 0 Å². The summed E-state index contributed by atoms with van der Waals surface area (Å²) in [5, 5.41) is 0. The van der Waals surface area contributed by atoms with Crippen molar-refractivity contribution < 1.29 is 13.6 Å². The quantitative estimate of drug-likeness (QED) is 0.143. The predicted octanol–water partition coefficient (Wildman–Crippen LogP) is 9.29. The molecule has 0 N–H and O–H groups in total. The van der Waals surface area contributed by atoms with Gasteiger partial charge in [0.05, 0.1) is 19.4 Å². The highest BCUT2D eigenvalue weighted by molar-refractivity contribution is 7.53. The average molecular weight is 431 g/mol. The van der Waals surface area contributed by atoms with E-state index >= 15 is 0 Å². The molecule has 4 heteroatoms. The second kappa shape index (κ2) is 18.9. The van der Waals surface area contributed by atoms with Crippen LogP contribution < -0.4 is 0 Å². The molecular formula is C25H51O3P. The van der Waals surface area contributed by atoms with Crippen molar-refractivity contribution in [2.75, 3.05) is 19.4 Å². The molecule has 0 saturated heterocycles. The molecule has 0 bridgehead atoms. The highest BCUT2D eigenvalue weighted by Gasteiger charge is 2.26. The fraction of sp³-hybridized carbons (Fsp3) is 1.00. The molecule has 174 valence electrons. The van der Waals surface area contributed by atoms with Gasteiger partial charge in [-0.1, -0.05) is 110 Å². The lowest BCUT2D eigenvalue weighted by atomic mass is 9.90. The molecule has 1 saturated carbocycles. The molecule has 3 nitrogen and oxygen atoms in total. The smallest absolute Gasteiger partial charge is 0.309 e. The van der Waals surface area contributed by atoms with Gasteiger partial charge < -0.3 is 9.05 Å². The van der Waals surface area contributed by atoms with E-state index in [1.165, 1.54) is 103 Å². The van der Waals surface area contributed by atoms with Crippen LogP contribution in [0.3, 0.4) is 0 Å². The SMILES string of the molecule is CCCCCCCCCCCCCCOP(=O)(CCCC)OCC1CCCCC1. The Morgan fingerprint density at radius 1 is 0.655 bits per heavy atom. The van der Waals surface area contributed by atoms with Crippen LogP contribution in [0.25, 0.3) is 0 Å². The van der Waals surface area contributed by atoms with Crippen LogP contribution in [0.2, 0.25) is 0 Å². The highest BCUT2D eigenvalue weighted by Crippen LogP contribution is 2.50. The Labute approximate surface area is 182 Å². The van der Waals surface area contributed by atoms with Crippen LogP contribution >= 0.6 is 7.60 Å². The Balaban J connectivity index is 2.03. The van der Waals surface area contributed by atoms with E-state index in [1.807, 2.05) is 0 Å². The van der Waals surface area contributed by atoms with Gasteiger partial charge in [0.25, 0.3) is 0 Å². The molecule has 1 aliphatic rings. The lowest BCUT2D eigenvalue weighted by Crippen LogP contribution is -2.14. The van der Waals surface area contributed by atoms with Gasteiger partial charge in [-0.05, 0) is 31.6 Å². The Morgan fingerprint density at radius 3 is 1.72 bits per heavy atom. The van der Waals surface area contributed by atoms with Gasteiger partial charge in [-0.2, -0.15) is 0 Å². The molecule has 29 heavy (non-hydrogen) atoms. The van der Waals surface area contributed by atoms with Crippen molar-refractivity contribution in [3.8, 4) is 0 Å². The molecule has 1 aliphatic carbocycles. The zero-order valence-corrected chi connectivity index (χ0v) is 20.7. The average Bonchev–Trinajstić information content (AvgIpc) is 2.75. The first-order chi connectivity index (χ1) is 14.2. The van der Waals surface area contributed by atoms with Gasteiger partial charge >= 0.3 is 7.60 Å². The van der Waals surface area contributed by atoms with E-state index < -0.39 is 7.60 Å². The molecule has 0 amide bonds. The lowest BCUT2D eigenvalue weighted by molar-refractivity contribution is 0.159.